The highest BCUT2D eigenvalue weighted by atomic mass is 14.9. The van der Waals surface area contributed by atoms with Gasteiger partial charge in [0.2, 0.25) is 0 Å². The first-order valence-corrected chi connectivity index (χ1v) is 4.12. The molecule has 0 heterocycles. The lowest BCUT2D eigenvalue weighted by atomic mass is 10.0. The number of anilines is 2. The predicted octanol–water partition coefficient (Wildman–Crippen LogP) is 2.24. The summed E-state index contributed by atoms with van der Waals surface area (Å²) < 4.78 is 0. The van der Waals surface area contributed by atoms with Gasteiger partial charge in [0.05, 0.1) is 11.4 Å². The molecule has 0 atom stereocenters. The van der Waals surface area contributed by atoms with Gasteiger partial charge in [0.25, 0.3) is 0 Å². The zero-order chi connectivity index (χ0) is 9.30. The normalized spacial score (nSPS) is 10.0. The van der Waals surface area contributed by atoms with Crippen LogP contribution in [0.1, 0.15) is 16.7 Å². The number of hydrogen-bond donors (Lipinski definition) is 2. The third kappa shape index (κ3) is 1.24. The van der Waals surface area contributed by atoms with Crippen LogP contribution in [0.15, 0.2) is 6.07 Å². The Bertz CT molecular complexity index is 303. The van der Waals surface area contributed by atoms with Crippen molar-refractivity contribution in [3.63, 3.8) is 0 Å². The average Bonchev–Trinajstić information content (AvgIpc) is 2.01. The van der Waals surface area contributed by atoms with Crippen molar-refractivity contribution in [3.8, 4) is 0 Å². The van der Waals surface area contributed by atoms with Crippen LogP contribution in [-0.4, -0.2) is 7.05 Å². The van der Waals surface area contributed by atoms with Crippen LogP contribution in [0.5, 0.6) is 0 Å². The van der Waals surface area contributed by atoms with Gasteiger partial charge in [-0.25, -0.2) is 0 Å². The highest BCUT2D eigenvalue weighted by Gasteiger charge is 2.05. The van der Waals surface area contributed by atoms with E-state index in [-0.39, 0.29) is 0 Å². The Balaban J connectivity index is 3.40. The maximum absolute atomic E-state index is 5.84. The van der Waals surface area contributed by atoms with Crippen LogP contribution in [0.4, 0.5) is 11.4 Å². The molecular formula is C10H16N2. The summed E-state index contributed by atoms with van der Waals surface area (Å²) in [5.74, 6) is 0. The van der Waals surface area contributed by atoms with Crippen LogP contribution in [0.2, 0.25) is 0 Å². The van der Waals surface area contributed by atoms with Gasteiger partial charge in [-0.3, -0.25) is 0 Å². The molecule has 0 aliphatic heterocycles. The third-order valence-corrected chi connectivity index (χ3v) is 2.44. The molecule has 0 radical (unpaired) electrons. The largest absolute Gasteiger partial charge is 0.397 e. The van der Waals surface area contributed by atoms with Crippen molar-refractivity contribution in [2.45, 2.75) is 20.8 Å². The summed E-state index contributed by atoms with van der Waals surface area (Å²) in [6, 6.07) is 2.01. The standard InChI is InChI=1S/C10H16N2/c1-6-5-9(11)10(12-4)8(3)7(6)2/h5,12H,11H2,1-4H3. The van der Waals surface area contributed by atoms with Gasteiger partial charge in [0.1, 0.15) is 0 Å². The van der Waals surface area contributed by atoms with Crippen LogP contribution in [0.25, 0.3) is 0 Å². The Morgan fingerprint density at radius 1 is 1.17 bits per heavy atom. The summed E-state index contributed by atoms with van der Waals surface area (Å²) in [4.78, 5) is 0. The van der Waals surface area contributed by atoms with Crippen LogP contribution in [0.3, 0.4) is 0 Å². The van der Waals surface area contributed by atoms with Crippen molar-refractivity contribution in [1.82, 2.24) is 0 Å². The second-order valence-electron chi connectivity index (χ2n) is 3.16. The van der Waals surface area contributed by atoms with E-state index < -0.39 is 0 Å². The van der Waals surface area contributed by atoms with Crippen molar-refractivity contribution in [2.24, 2.45) is 0 Å². The predicted molar refractivity (Wildman–Crippen MR) is 54.6 cm³/mol. The first kappa shape index (κ1) is 8.91. The summed E-state index contributed by atoms with van der Waals surface area (Å²) in [6.07, 6.45) is 0. The molecule has 3 N–H and O–H groups in total. The molecule has 0 bridgehead atoms. The fraction of sp³-hybridized carbons (Fsp3) is 0.400. The molecule has 0 saturated carbocycles. The Morgan fingerprint density at radius 2 is 1.75 bits per heavy atom. The molecule has 12 heavy (non-hydrogen) atoms. The number of nitrogen functional groups attached to an aromatic ring is 1. The number of rotatable bonds is 1. The highest BCUT2D eigenvalue weighted by Crippen LogP contribution is 2.27. The van der Waals surface area contributed by atoms with E-state index in [0.29, 0.717) is 0 Å². The lowest BCUT2D eigenvalue weighted by Gasteiger charge is -2.13. The van der Waals surface area contributed by atoms with E-state index in [0.717, 1.165) is 11.4 Å². The molecule has 2 nitrogen and oxygen atoms in total. The molecule has 2 heteroatoms. The number of hydrogen-bond acceptors (Lipinski definition) is 2. The average molecular weight is 164 g/mol. The molecule has 0 aliphatic carbocycles. The van der Waals surface area contributed by atoms with E-state index in [9.17, 15) is 0 Å². The minimum absolute atomic E-state index is 0.832. The van der Waals surface area contributed by atoms with Gasteiger partial charge in [0.15, 0.2) is 0 Å². The number of nitrogens with one attached hydrogen (secondary N) is 1. The molecule has 0 spiro atoms. The molecule has 0 aliphatic rings. The maximum Gasteiger partial charge on any atom is 0.0603 e. The monoisotopic (exact) mass is 164 g/mol. The Morgan fingerprint density at radius 3 is 2.25 bits per heavy atom. The molecule has 0 saturated heterocycles. The lowest BCUT2D eigenvalue weighted by Crippen LogP contribution is -2.01. The molecule has 0 fully saturated rings. The SMILES string of the molecule is CNc1c(N)cc(C)c(C)c1C. The van der Waals surface area contributed by atoms with Crippen LogP contribution in [0, 0.1) is 20.8 Å². The van der Waals surface area contributed by atoms with Gasteiger partial charge in [-0.1, -0.05) is 0 Å². The van der Waals surface area contributed by atoms with Crippen molar-refractivity contribution < 1.29 is 0 Å². The summed E-state index contributed by atoms with van der Waals surface area (Å²) in [5, 5.41) is 3.11. The van der Waals surface area contributed by atoms with Crippen molar-refractivity contribution in [3.05, 3.63) is 22.8 Å². The number of nitrogens with two attached hydrogens (primary N) is 1. The fourth-order valence-corrected chi connectivity index (χ4v) is 1.45. The number of benzene rings is 1. The summed E-state index contributed by atoms with van der Waals surface area (Å²) in [5.41, 5.74) is 11.5. The number of aryl methyl sites for hydroxylation is 1. The molecule has 0 unspecified atom stereocenters. The van der Waals surface area contributed by atoms with Crippen LogP contribution in [-0.2, 0) is 0 Å². The minimum atomic E-state index is 0.832. The van der Waals surface area contributed by atoms with Gasteiger partial charge in [-0.15, -0.1) is 0 Å². The van der Waals surface area contributed by atoms with Gasteiger partial charge in [-0.2, -0.15) is 0 Å². The first-order chi connectivity index (χ1) is 5.57. The Hall–Kier alpha value is -1.18. The Kier molecular flexibility index (Phi) is 2.27. The smallest absolute Gasteiger partial charge is 0.0603 e. The summed E-state index contributed by atoms with van der Waals surface area (Å²) in [7, 11) is 1.90. The zero-order valence-corrected chi connectivity index (χ0v) is 8.15. The second-order valence-corrected chi connectivity index (χ2v) is 3.16. The quantitative estimate of drug-likeness (QED) is 0.625. The molecule has 1 aromatic rings. The topological polar surface area (TPSA) is 38.0 Å². The Labute approximate surface area is 73.8 Å². The van der Waals surface area contributed by atoms with Gasteiger partial charge in [-0.05, 0) is 43.5 Å². The van der Waals surface area contributed by atoms with Gasteiger partial charge in [0, 0.05) is 7.05 Å². The van der Waals surface area contributed by atoms with Crippen molar-refractivity contribution in [1.29, 1.82) is 0 Å². The maximum atomic E-state index is 5.84. The van der Waals surface area contributed by atoms with Gasteiger partial charge >= 0.3 is 0 Å². The van der Waals surface area contributed by atoms with E-state index in [1.165, 1.54) is 16.7 Å². The van der Waals surface area contributed by atoms with E-state index >= 15 is 0 Å². The molecule has 66 valence electrons. The molecule has 0 aromatic heterocycles. The summed E-state index contributed by atoms with van der Waals surface area (Å²) >= 11 is 0. The molecule has 0 amide bonds. The molecular weight excluding hydrogens is 148 g/mol. The minimum Gasteiger partial charge on any atom is -0.397 e. The lowest BCUT2D eigenvalue weighted by molar-refractivity contribution is 1.26. The highest BCUT2D eigenvalue weighted by molar-refractivity contribution is 5.72. The summed E-state index contributed by atoms with van der Waals surface area (Å²) in [6.45, 7) is 6.29. The third-order valence-electron chi connectivity index (χ3n) is 2.44. The zero-order valence-electron chi connectivity index (χ0n) is 8.15. The van der Waals surface area contributed by atoms with Crippen LogP contribution < -0.4 is 11.1 Å². The van der Waals surface area contributed by atoms with Gasteiger partial charge < -0.3 is 11.1 Å². The van der Waals surface area contributed by atoms with Crippen LogP contribution >= 0.6 is 0 Å². The fourth-order valence-electron chi connectivity index (χ4n) is 1.45. The van der Waals surface area contributed by atoms with E-state index in [2.05, 4.69) is 26.1 Å². The van der Waals surface area contributed by atoms with E-state index in [1.54, 1.807) is 0 Å². The second kappa shape index (κ2) is 3.05. The van der Waals surface area contributed by atoms with E-state index in [1.807, 2.05) is 13.1 Å². The first-order valence-electron chi connectivity index (χ1n) is 4.12. The van der Waals surface area contributed by atoms with Crippen molar-refractivity contribution >= 4 is 11.4 Å². The van der Waals surface area contributed by atoms with Crippen molar-refractivity contribution in [2.75, 3.05) is 18.1 Å². The molecule has 1 rings (SSSR count). The molecule has 1 aromatic carbocycles. The van der Waals surface area contributed by atoms with E-state index in [4.69, 9.17) is 5.73 Å².